The van der Waals surface area contributed by atoms with Crippen molar-refractivity contribution in [3.63, 3.8) is 0 Å². The number of amidine groups is 1. The normalized spacial score (nSPS) is 19.6. The van der Waals surface area contributed by atoms with Crippen molar-refractivity contribution in [2.75, 3.05) is 11.9 Å². The van der Waals surface area contributed by atoms with Crippen LogP contribution in [-0.4, -0.2) is 25.7 Å². The predicted molar refractivity (Wildman–Crippen MR) is 75.4 cm³/mol. The predicted octanol–water partition coefficient (Wildman–Crippen LogP) is 3.25. The molecule has 0 fully saturated rings. The summed E-state index contributed by atoms with van der Waals surface area (Å²) in [7, 11) is 0. The van der Waals surface area contributed by atoms with Gasteiger partial charge in [-0.1, -0.05) is 30.3 Å². The molecule has 1 unspecified atom stereocenters. The lowest BCUT2D eigenvalue weighted by Gasteiger charge is -2.08. The van der Waals surface area contributed by atoms with Gasteiger partial charge in [0.1, 0.15) is 11.0 Å². The Balaban J connectivity index is 1.99. The zero-order valence-corrected chi connectivity index (χ0v) is 11.4. The zero-order chi connectivity index (χ0) is 11.8. The van der Waals surface area contributed by atoms with E-state index in [-0.39, 0.29) is 0 Å². The van der Waals surface area contributed by atoms with Crippen molar-refractivity contribution in [3.05, 3.63) is 17.2 Å². The molecule has 1 aliphatic heterocycles. The van der Waals surface area contributed by atoms with E-state index in [9.17, 15) is 0 Å². The molecular formula is C10H9ClN4S2. The summed E-state index contributed by atoms with van der Waals surface area (Å²) < 4.78 is 8.46. The molecule has 0 aliphatic carbocycles. The highest BCUT2D eigenvalue weighted by molar-refractivity contribution is 8.15. The highest BCUT2D eigenvalue weighted by atomic mass is 35.5. The molecule has 7 heteroatoms. The lowest BCUT2D eigenvalue weighted by Crippen LogP contribution is -2.07. The minimum absolute atomic E-state index is 0.518. The molecule has 88 valence electrons. The van der Waals surface area contributed by atoms with Gasteiger partial charge in [-0.2, -0.15) is 8.75 Å². The summed E-state index contributed by atoms with van der Waals surface area (Å²) in [6.07, 6.45) is 0. The summed E-state index contributed by atoms with van der Waals surface area (Å²) >= 11 is 9.09. The maximum atomic E-state index is 6.19. The third-order valence-electron chi connectivity index (χ3n) is 2.41. The first-order valence-electron chi connectivity index (χ1n) is 5.13. The molecule has 0 spiro atoms. The summed E-state index contributed by atoms with van der Waals surface area (Å²) in [5, 5.41) is 5.32. The lowest BCUT2D eigenvalue weighted by molar-refractivity contribution is 0.976. The van der Waals surface area contributed by atoms with Crippen LogP contribution in [-0.2, 0) is 0 Å². The molecule has 0 saturated carbocycles. The van der Waals surface area contributed by atoms with Crippen LogP contribution in [0.5, 0.6) is 0 Å². The summed E-state index contributed by atoms with van der Waals surface area (Å²) in [6.45, 7) is 2.99. The largest absolute Gasteiger partial charge is 0.332 e. The molecule has 0 radical (unpaired) electrons. The Hall–Kier alpha value is -0.850. The molecule has 3 rings (SSSR count). The van der Waals surface area contributed by atoms with E-state index in [0.29, 0.717) is 10.3 Å². The van der Waals surface area contributed by atoms with Gasteiger partial charge in [0.25, 0.3) is 0 Å². The molecule has 2 aromatic rings. The van der Waals surface area contributed by atoms with Gasteiger partial charge in [-0.15, -0.1) is 0 Å². The van der Waals surface area contributed by atoms with Crippen LogP contribution < -0.4 is 5.32 Å². The van der Waals surface area contributed by atoms with Gasteiger partial charge < -0.3 is 5.32 Å². The Morgan fingerprint density at radius 3 is 3.06 bits per heavy atom. The van der Waals surface area contributed by atoms with Crippen molar-refractivity contribution in [1.29, 1.82) is 0 Å². The molecule has 1 aromatic heterocycles. The van der Waals surface area contributed by atoms with Crippen LogP contribution in [0.15, 0.2) is 17.1 Å². The van der Waals surface area contributed by atoms with Crippen LogP contribution in [0, 0.1) is 0 Å². The molecule has 1 aromatic carbocycles. The van der Waals surface area contributed by atoms with E-state index in [1.165, 1.54) is 11.7 Å². The fraction of sp³-hybridized carbons (Fsp3) is 0.300. The summed E-state index contributed by atoms with van der Waals surface area (Å²) in [4.78, 5) is 4.41. The molecule has 0 amide bonds. The van der Waals surface area contributed by atoms with E-state index >= 15 is 0 Å². The second-order valence-corrected chi connectivity index (χ2v) is 6.12. The number of hydrogen-bond donors (Lipinski definition) is 1. The maximum absolute atomic E-state index is 6.19. The molecule has 17 heavy (non-hydrogen) atoms. The molecule has 4 nitrogen and oxygen atoms in total. The van der Waals surface area contributed by atoms with Crippen LogP contribution in [0.2, 0.25) is 5.02 Å². The summed E-state index contributed by atoms with van der Waals surface area (Å²) in [6, 6.07) is 3.70. The minimum atomic E-state index is 0.518. The fourth-order valence-corrected chi connectivity index (χ4v) is 3.18. The third-order valence-corrected chi connectivity index (χ3v) is 4.28. The number of halogens is 1. The van der Waals surface area contributed by atoms with Gasteiger partial charge in [-0.3, -0.25) is 4.99 Å². The van der Waals surface area contributed by atoms with Crippen LogP contribution in [0.1, 0.15) is 6.92 Å². The Labute approximate surface area is 112 Å². The number of hydrogen-bond acceptors (Lipinski definition) is 6. The average molecular weight is 285 g/mol. The second kappa shape index (κ2) is 4.44. The van der Waals surface area contributed by atoms with E-state index < -0.39 is 0 Å². The Morgan fingerprint density at radius 1 is 1.41 bits per heavy atom. The number of thioether (sulfide) groups is 1. The number of benzene rings is 1. The van der Waals surface area contributed by atoms with Gasteiger partial charge in [0.05, 0.1) is 29.0 Å². The molecule has 1 N–H and O–H groups in total. The Bertz CT molecular complexity index is 595. The van der Waals surface area contributed by atoms with Gasteiger partial charge in [0.2, 0.25) is 0 Å². The lowest BCUT2D eigenvalue weighted by atomic mass is 10.2. The van der Waals surface area contributed by atoms with Gasteiger partial charge in [0, 0.05) is 5.25 Å². The van der Waals surface area contributed by atoms with Crippen molar-refractivity contribution >= 4 is 57.0 Å². The van der Waals surface area contributed by atoms with Crippen molar-refractivity contribution in [3.8, 4) is 0 Å². The molecular weight excluding hydrogens is 276 g/mol. The van der Waals surface area contributed by atoms with E-state index in [2.05, 4.69) is 26.0 Å². The average Bonchev–Trinajstić information content (AvgIpc) is 2.91. The molecule has 0 saturated heterocycles. The van der Waals surface area contributed by atoms with Crippen molar-refractivity contribution in [2.45, 2.75) is 12.2 Å². The zero-order valence-electron chi connectivity index (χ0n) is 8.98. The summed E-state index contributed by atoms with van der Waals surface area (Å²) in [5.74, 6) is 0. The number of fused-ring (bicyclic) bond motifs is 1. The first-order valence-corrected chi connectivity index (χ1v) is 7.12. The monoisotopic (exact) mass is 284 g/mol. The van der Waals surface area contributed by atoms with Gasteiger partial charge in [-0.05, 0) is 12.1 Å². The van der Waals surface area contributed by atoms with Crippen molar-refractivity contribution in [2.24, 2.45) is 4.99 Å². The fourth-order valence-electron chi connectivity index (χ4n) is 1.60. The quantitative estimate of drug-likeness (QED) is 0.873. The molecule has 1 atom stereocenters. The number of nitrogens with one attached hydrogen (secondary N) is 1. The SMILES string of the molecule is CC1CN=C(Nc2c(Cl)ccc3nsnc23)S1. The van der Waals surface area contributed by atoms with E-state index in [1.54, 1.807) is 11.8 Å². The number of anilines is 1. The van der Waals surface area contributed by atoms with Crippen LogP contribution in [0.3, 0.4) is 0 Å². The molecule has 1 aliphatic rings. The van der Waals surface area contributed by atoms with Gasteiger partial charge in [0.15, 0.2) is 5.17 Å². The molecule has 0 bridgehead atoms. The van der Waals surface area contributed by atoms with Crippen molar-refractivity contribution in [1.82, 2.24) is 8.75 Å². The first-order chi connectivity index (χ1) is 8.24. The van der Waals surface area contributed by atoms with Crippen LogP contribution >= 0.6 is 35.1 Å². The van der Waals surface area contributed by atoms with Crippen LogP contribution in [0.4, 0.5) is 5.69 Å². The topological polar surface area (TPSA) is 50.2 Å². The van der Waals surface area contributed by atoms with Crippen LogP contribution in [0.25, 0.3) is 11.0 Å². The highest BCUT2D eigenvalue weighted by Crippen LogP contribution is 2.32. The minimum Gasteiger partial charge on any atom is -0.332 e. The number of rotatable bonds is 1. The maximum Gasteiger partial charge on any atom is 0.161 e. The summed E-state index contributed by atoms with van der Waals surface area (Å²) in [5.41, 5.74) is 2.47. The molecule has 2 heterocycles. The third kappa shape index (κ3) is 2.12. The van der Waals surface area contributed by atoms with E-state index in [0.717, 1.165) is 28.4 Å². The number of nitrogens with zero attached hydrogens (tertiary/aromatic N) is 3. The standard InChI is InChI=1S/C10H9ClN4S2/c1-5-4-12-10(16-5)13-8-6(11)2-3-7-9(8)15-17-14-7/h2-3,5H,4H2,1H3,(H,12,13). The second-order valence-electron chi connectivity index (χ2n) is 3.75. The Morgan fingerprint density at radius 2 is 2.29 bits per heavy atom. The van der Waals surface area contributed by atoms with Crippen molar-refractivity contribution < 1.29 is 0 Å². The van der Waals surface area contributed by atoms with Gasteiger partial charge >= 0.3 is 0 Å². The number of aliphatic imine (C=N–C) groups is 1. The van der Waals surface area contributed by atoms with E-state index in [1.807, 2.05) is 12.1 Å². The smallest absolute Gasteiger partial charge is 0.161 e. The Kier molecular flexibility index (Phi) is 2.94. The van der Waals surface area contributed by atoms with Gasteiger partial charge in [-0.25, -0.2) is 0 Å². The van der Waals surface area contributed by atoms with E-state index in [4.69, 9.17) is 11.6 Å². The highest BCUT2D eigenvalue weighted by Gasteiger charge is 2.18. The number of aromatic nitrogens is 2. The first kappa shape index (κ1) is 11.3.